The second-order valence-electron chi connectivity index (χ2n) is 6.44. The summed E-state index contributed by atoms with van der Waals surface area (Å²) in [6.45, 7) is 6.08. The number of aromatic nitrogens is 2. The van der Waals surface area contributed by atoms with Crippen LogP contribution in [-0.4, -0.2) is 35.5 Å². The Labute approximate surface area is 153 Å². The van der Waals surface area contributed by atoms with Gasteiger partial charge >= 0.3 is 0 Å². The number of hydrogen-bond donors (Lipinski definition) is 2. The Balaban J connectivity index is 1.63. The molecule has 0 radical (unpaired) electrons. The molecule has 2 N–H and O–H groups in total. The standard InChI is InChI=1S/C20H24N4O2/c1-4-23(12-17-13-24-11-15(2)8-9-19(24)21-17)14-20(25)22-16-6-5-7-18(10-16)26-3/h5-11,13H,4,12,14H2,1-3H3,(H,22,25)/p+1. The Hall–Kier alpha value is -2.86. The molecule has 0 spiro atoms. The van der Waals surface area contributed by atoms with Crippen LogP contribution < -0.4 is 15.0 Å². The summed E-state index contributed by atoms with van der Waals surface area (Å²) < 4.78 is 7.22. The van der Waals surface area contributed by atoms with E-state index in [1.54, 1.807) is 7.11 Å². The molecule has 0 aliphatic carbocycles. The lowest BCUT2D eigenvalue weighted by Gasteiger charge is -2.16. The zero-order chi connectivity index (χ0) is 18.5. The number of carbonyl (C=O) groups is 1. The van der Waals surface area contributed by atoms with Gasteiger partial charge in [0.25, 0.3) is 5.91 Å². The number of amides is 1. The molecule has 0 aliphatic rings. The number of ether oxygens (including phenoxy) is 1. The molecule has 2 heterocycles. The maximum absolute atomic E-state index is 12.4. The van der Waals surface area contributed by atoms with Crippen molar-refractivity contribution in [3.05, 3.63) is 60.0 Å². The molecule has 26 heavy (non-hydrogen) atoms. The van der Waals surface area contributed by atoms with Gasteiger partial charge in [-0.1, -0.05) is 12.1 Å². The fraction of sp³-hybridized carbons (Fsp3) is 0.300. The van der Waals surface area contributed by atoms with Crippen LogP contribution in [0.3, 0.4) is 0 Å². The lowest BCUT2D eigenvalue weighted by molar-refractivity contribution is -0.904. The SMILES string of the molecule is CC[NH+](CC(=O)Nc1cccc(OC)c1)Cc1cn2cc(C)ccc2n1. The smallest absolute Gasteiger partial charge is 0.279 e. The maximum atomic E-state index is 12.4. The Morgan fingerprint density at radius 1 is 1.27 bits per heavy atom. The average Bonchev–Trinajstić information content (AvgIpc) is 3.02. The summed E-state index contributed by atoms with van der Waals surface area (Å²) in [7, 11) is 1.61. The van der Waals surface area contributed by atoms with E-state index < -0.39 is 0 Å². The number of carbonyl (C=O) groups excluding carboxylic acids is 1. The number of pyridine rings is 1. The number of imidazole rings is 1. The van der Waals surface area contributed by atoms with Gasteiger partial charge in [0.15, 0.2) is 6.54 Å². The van der Waals surface area contributed by atoms with Crippen molar-refractivity contribution < 1.29 is 14.4 Å². The van der Waals surface area contributed by atoms with Crippen LogP contribution in [0.2, 0.25) is 0 Å². The number of nitrogens with one attached hydrogen (secondary N) is 2. The predicted molar refractivity (Wildman–Crippen MR) is 102 cm³/mol. The number of hydrogen-bond acceptors (Lipinski definition) is 3. The van der Waals surface area contributed by atoms with Crippen LogP contribution >= 0.6 is 0 Å². The third kappa shape index (κ3) is 4.40. The number of benzene rings is 1. The third-order valence-corrected chi connectivity index (χ3v) is 4.34. The molecule has 1 aromatic carbocycles. The van der Waals surface area contributed by atoms with Crippen molar-refractivity contribution in [2.45, 2.75) is 20.4 Å². The fourth-order valence-electron chi connectivity index (χ4n) is 2.94. The minimum atomic E-state index is -0.0188. The summed E-state index contributed by atoms with van der Waals surface area (Å²) in [6, 6.07) is 11.4. The van der Waals surface area contributed by atoms with Gasteiger partial charge in [-0.25, -0.2) is 4.98 Å². The monoisotopic (exact) mass is 353 g/mol. The molecular weight excluding hydrogens is 328 g/mol. The Bertz CT molecular complexity index is 904. The van der Waals surface area contributed by atoms with Crippen molar-refractivity contribution in [1.82, 2.24) is 9.38 Å². The minimum absolute atomic E-state index is 0.0188. The molecule has 0 saturated heterocycles. The number of nitrogens with zero attached hydrogens (tertiary/aromatic N) is 2. The van der Waals surface area contributed by atoms with Gasteiger partial charge in [0.1, 0.15) is 23.6 Å². The van der Waals surface area contributed by atoms with E-state index in [0.29, 0.717) is 13.1 Å². The zero-order valence-electron chi connectivity index (χ0n) is 15.5. The van der Waals surface area contributed by atoms with Crippen LogP contribution in [0.25, 0.3) is 5.65 Å². The highest BCUT2D eigenvalue weighted by molar-refractivity contribution is 5.91. The van der Waals surface area contributed by atoms with E-state index in [0.717, 1.165) is 34.2 Å². The van der Waals surface area contributed by atoms with Gasteiger partial charge < -0.3 is 19.4 Å². The largest absolute Gasteiger partial charge is 0.497 e. The first kappa shape index (κ1) is 17.9. The van der Waals surface area contributed by atoms with E-state index in [4.69, 9.17) is 4.74 Å². The maximum Gasteiger partial charge on any atom is 0.279 e. The third-order valence-electron chi connectivity index (χ3n) is 4.34. The predicted octanol–water partition coefficient (Wildman–Crippen LogP) is 1.69. The number of anilines is 1. The Kier molecular flexibility index (Phi) is 5.53. The van der Waals surface area contributed by atoms with Crippen LogP contribution in [-0.2, 0) is 11.3 Å². The lowest BCUT2D eigenvalue weighted by Crippen LogP contribution is -3.11. The van der Waals surface area contributed by atoms with Gasteiger partial charge in [-0.05, 0) is 37.6 Å². The topological polar surface area (TPSA) is 60.1 Å². The van der Waals surface area contributed by atoms with Crippen molar-refractivity contribution in [3.63, 3.8) is 0 Å². The van der Waals surface area contributed by atoms with Crippen LogP contribution in [0, 0.1) is 6.92 Å². The molecule has 6 nitrogen and oxygen atoms in total. The number of likely N-dealkylation sites (N-methyl/N-ethyl adjacent to an activating group) is 1. The van der Waals surface area contributed by atoms with Gasteiger partial charge in [-0.15, -0.1) is 0 Å². The van der Waals surface area contributed by atoms with Gasteiger partial charge in [0.05, 0.1) is 13.7 Å². The molecule has 0 saturated carbocycles. The van der Waals surface area contributed by atoms with Crippen LogP contribution in [0.1, 0.15) is 18.2 Å². The number of aryl methyl sites for hydroxylation is 1. The first-order chi connectivity index (χ1) is 12.6. The van der Waals surface area contributed by atoms with E-state index in [1.165, 1.54) is 5.56 Å². The number of methoxy groups -OCH3 is 1. The van der Waals surface area contributed by atoms with E-state index in [9.17, 15) is 4.79 Å². The van der Waals surface area contributed by atoms with Gasteiger partial charge in [-0.2, -0.15) is 0 Å². The minimum Gasteiger partial charge on any atom is -0.497 e. The van der Waals surface area contributed by atoms with Crippen LogP contribution in [0.5, 0.6) is 5.75 Å². The average molecular weight is 353 g/mol. The first-order valence-electron chi connectivity index (χ1n) is 8.79. The molecule has 136 valence electrons. The molecule has 3 aromatic rings. The van der Waals surface area contributed by atoms with Crippen LogP contribution in [0.4, 0.5) is 5.69 Å². The van der Waals surface area contributed by atoms with Crippen molar-refractivity contribution >= 4 is 17.2 Å². The van der Waals surface area contributed by atoms with Crippen LogP contribution in [0.15, 0.2) is 48.8 Å². The molecule has 6 heteroatoms. The van der Waals surface area contributed by atoms with E-state index in [2.05, 4.69) is 36.4 Å². The Morgan fingerprint density at radius 3 is 2.88 bits per heavy atom. The highest BCUT2D eigenvalue weighted by atomic mass is 16.5. The van der Waals surface area contributed by atoms with Crippen molar-refractivity contribution in [3.8, 4) is 5.75 Å². The number of fused-ring (bicyclic) bond motifs is 1. The zero-order valence-corrected chi connectivity index (χ0v) is 15.5. The molecule has 1 unspecified atom stereocenters. The molecule has 0 bridgehead atoms. The normalized spacial score (nSPS) is 12.1. The summed E-state index contributed by atoms with van der Waals surface area (Å²) in [5.41, 5.74) is 3.86. The van der Waals surface area contributed by atoms with E-state index in [1.807, 2.05) is 40.9 Å². The molecule has 0 aliphatic heterocycles. The molecule has 2 aromatic heterocycles. The Morgan fingerprint density at radius 2 is 2.12 bits per heavy atom. The van der Waals surface area contributed by atoms with Gasteiger partial charge in [0, 0.05) is 24.1 Å². The highest BCUT2D eigenvalue weighted by Crippen LogP contribution is 2.16. The summed E-state index contributed by atoms with van der Waals surface area (Å²) in [5.74, 6) is 0.706. The summed E-state index contributed by atoms with van der Waals surface area (Å²) >= 11 is 0. The highest BCUT2D eigenvalue weighted by Gasteiger charge is 2.15. The quantitative estimate of drug-likeness (QED) is 0.680. The van der Waals surface area contributed by atoms with E-state index in [-0.39, 0.29) is 5.91 Å². The van der Waals surface area contributed by atoms with Crippen molar-refractivity contribution in [2.24, 2.45) is 0 Å². The van der Waals surface area contributed by atoms with Gasteiger partial charge in [-0.3, -0.25) is 4.79 Å². The summed E-state index contributed by atoms with van der Waals surface area (Å²) in [4.78, 5) is 18.2. The molecule has 3 rings (SSSR count). The van der Waals surface area contributed by atoms with Gasteiger partial charge in [0.2, 0.25) is 0 Å². The molecule has 1 amide bonds. The van der Waals surface area contributed by atoms with Crippen molar-refractivity contribution in [1.29, 1.82) is 0 Å². The summed E-state index contributed by atoms with van der Waals surface area (Å²) in [5, 5.41) is 2.94. The first-order valence-corrected chi connectivity index (χ1v) is 8.79. The number of rotatable bonds is 7. The second kappa shape index (κ2) is 8.01. The van der Waals surface area contributed by atoms with E-state index >= 15 is 0 Å². The lowest BCUT2D eigenvalue weighted by atomic mass is 10.3. The molecular formula is C20H25N4O2+. The molecule has 1 atom stereocenters. The van der Waals surface area contributed by atoms with Crippen molar-refractivity contribution in [2.75, 3.05) is 25.5 Å². The fourth-order valence-corrected chi connectivity index (χ4v) is 2.94. The summed E-state index contributed by atoms with van der Waals surface area (Å²) in [6.07, 6.45) is 4.10. The second-order valence-corrected chi connectivity index (χ2v) is 6.44. The molecule has 0 fully saturated rings. The number of quaternary nitrogens is 1.